The molecule has 1 N–H and O–H groups in total. The van der Waals surface area contributed by atoms with Crippen LogP contribution in [0.5, 0.6) is 11.5 Å². The van der Waals surface area contributed by atoms with Gasteiger partial charge in [0.15, 0.2) is 11.5 Å². The van der Waals surface area contributed by atoms with Crippen LogP contribution in [-0.2, 0) is 4.79 Å². The molecule has 0 saturated carbocycles. The Hall–Kier alpha value is -2.23. The van der Waals surface area contributed by atoms with Gasteiger partial charge in [0, 0.05) is 12.6 Å². The van der Waals surface area contributed by atoms with Crippen LogP contribution < -0.4 is 14.8 Å². The normalized spacial score (nSPS) is 10.6. The molecule has 1 amide bonds. The number of nitrogens with one attached hydrogen (secondary N) is 1. The molecule has 138 valence electrons. The van der Waals surface area contributed by atoms with E-state index in [1.807, 2.05) is 18.2 Å². The largest absolute Gasteiger partial charge is 0.493 e. The number of hydrogen-bond acceptors (Lipinski definition) is 3. The number of rotatable bonds is 13. The Bertz CT molecular complexity index is 552. The summed E-state index contributed by atoms with van der Waals surface area (Å²) in [6.07, 6.45) is 12.3. The molecule has 25 heavy (non-hydrogen) atoms. The van der Waals surface area contributed by atoms with Gasteiger partial charge < -0.3 is 14.8 Å². The van der Waals surface area contributed by atoms with Crippen molar-refractivity contribution in [3.63, 3.8) is 0 Å². The highest BCUT2D eigenvalue weighted by molar-refractivity contribution is 5.91. The van der Waals surface area contributed by atoms with E-state index in [9.17, 15) is 4.79 Å². The maximum absolute atomic E-state index is 11.6. The first-order valence-corrected chi connectivity index (χ1v) is 9.09. The van der Waals surface area contributed by atoms with Gasteiger partial charge in [0.05, 0.1) is 13.7 Å². The summed E-state index contributed by atoms with van der Waals surface area (Å²) in [5.41, 5.74) is 0.887. The Morgan fingerprint density at radius 3 is 2.64 bits per heavy atom. The smallest absolute Gasteiger partial charge is 0.244 e. The summed E-state index contributed by atoms with van der Waals surface area (Å²) in [7, 11) is 1.62. The molecule has 4 heteroatoms. The molecule has 0 saturated heterocycles. The third-order valence-electron chi connectivity index (χ3n) is 3.79. The van der Waals surface area contributed by atoms with E-state index in [0.717, 1.165) is 17.7 Å². The molecule has 0 spiro atoms. The van der Waals surface area contributed by atoms with Crippen molar-refractivity contribution < 1.29 is 14.3 Å². The third kappa shape index (κ3) is 8.99. The molecular formula is C21H31NO3. The van der Waals surface area contributed by atoms with Gasteiger partial charge in [-0.1, -0.05) is 51.2 Å². The number of ether oxygens (including phenoxy) is 2. The maximum Gasteiger partial charge on any atom is 0.244 e. The Balaban J connectivity index is 2.47. The van der Waals surface area contributed by atoms with Crippen LogP contribution >= 0.6 is 0 Å². The number of hydrogen-bond donors (Lipinski definition) is 1. The van der Waals surface area contributed by atoms with E-state index in [1.54, 1.807) is 19.3 Å². The molecule has 0 unspecified atom stereocenters. The molecule has 0 fully saturated rings. The van der Waals surface area contributed by atoms with Gasteiger partial charge in [-0.2, -0.15) is 0 Å². The zero-order chi connectivity index (χ0) is 18.3. The standard InChI is InChI=1S/C21H31NO3/c1-4-6-7-8-9-10-16-25-19-13-11-18(17-20(19)24-3)12-14-21(23)22-15-5-2/h5,11-14,17H,2,4,6-10,15-16H2,1,3H3,(H,22,23). The van der Waals surface area contributed by atoms with Crippen molar-refractivity contribution in [3.8, 4) is 11.5 Å². The molecule has 0 heterocycles. The summed E-state index contributed by atoms with van der Waals surface area (Å²) in [5, 5.41) is 2.70. The van der Waals surface area contributed by atoms with E-state index in [0.29, 0.717) is 18.9 Å². The first-order valence-electron chi connectivity index (χ1n) is 9.09. The maximum atomic E-state index is 11.6. The lowest BCUT2D eigenvalue weighted by Crippen LogP contribution is -2.20. The number of carbonyl (C=O) groups is 1. The summed E-state index contributed by atoms with van der Waals surface area (Å²) in [6, 6.07) is 5.67. The zero-order valence-electron chi connectivity index (χ0n) is 15.6. The lowest BCUT2D eigenvalue weighted by Gasteiger charge is -2.11. The summed E-state index contributed by atoms with van der Waals surface area (Å²) in [5.74, 6) is 1.27. The molecule has 0 atom stereocenters. The number of benzene rings is 1. The van der Waals surface area contributed by atoms with Crippen LogP contribution in [0.3, 0.4) is 0 Å². The van der Waals surface area contributed by atoms with Crippen molar-refractivity contribution in [1.29, 1.82) is 0 Å². The van der Waals surface area contributed by atoms with Crippen molar-refractivity contribution >= 4 is 12.0 Å². The molecule has 0 aliphatic rings. The van der Waals surface area contributed by atoms with Crippen molar-refractivity contribution in [2.24, 2.45) is 0 Å². The van der Waals surface area contributed by atoms with Crippen LogP contribution in [0.4, 0.5) is 0 Å². The SMILES string of the molecule is C=CCNC(=O)C=Cc1ccc(OCCCCCCCC)c(OC)c1. The van der Waals surface area contributed by atoms with Gasteiger partial charge >= 0.3 is 0 Å². The number of carbonyl (C=O) groups excluding carboxylic acids is 1. The van der Waals surface area contributed by atoms with Gasteiger partial charge in [-0.25, -0.2) is 0 Å². The van der Waals surface area contributed by atoms with Crippen molar-refractivity contribution in [2.45, 2.75) is 45.4 Å². The average molecular weight is 345 g/mol. The zero-order valence-corrected chi connectivity index (χ0v) is 15.6. The molecule has 0 bridgehead atoms. The van der Waals surface area contributed by atoms with Crippen LogP contribution in [0.2, 0.25) is 0 Å². The molecule has 4 nitrogen and oxygen atoms in total. The minimum atomic E-state index is -0.151. The molecule has 0 aliphatic heterocycles. The summed E-state index contributed by atoms with van der Waals surface area (Å²) >= 11 is 0. The minimum Gasteiger partial charge on any atom is -0.493 e. The second-order valence-corrected chi connectivity index (χ2v) is 5.89. The lowest BCUT2D eigenvalue weighted by molar-refractivity contribution is -0.116. The fraction of sp³-hybridized carbons (Fsp3) is 0.476. The fourth-order valence-corrected chi connectivity index (χ4v) is 2.38. The number of methoxy groups -OCH3 is 1. The van der Waals surface area contributed by atoms with Crippen LogP contribution in [0, 0.1) is 0 Å². The quantitative estimate of drug-likeness (QED) is 0.319. The highest BCUT2D eigenvalue weighted by Crippen LogP contribution is 2.28. The summed E-state index contributed by atoms with van der Waals surface area (Å²) < 4.78 is 11.2. The van der Waals surface area contributed by atoms with Gasteiger partial charge in [-0.3, -0.25) is 4.79 Å². The number of amides is 1. The first kappa shape index (κ1) is 20.8. The van der Waals surface area contributed by atoms with E-state index in [2.05, 4.69) is 18.8 Å². The number of unbranched alkanes of at least 4 members (excludes halogenated alkanes) is 5. The predicted molar refractivity (Wildman–Crippen MR) is 104 cm³/mol. The van der Waals surface area contributed by atoms with Gasteiger partial charge in [-0.05, 0) is 30.2 Å². The van der Waals surface area contributed by atoms with Crippen molar-refractivity contribution in [2.75, 3.05) is 20.3 Å². The van der Waals surface area contributed by atoms with Crippen molar-refractivity contribution in [1.82, 2.24) is 5.32 Å². The molecule has 0 radical (unpaired) electrons. The molecular weight excluding hydrogens is 314 g/mol. The highest BCUT2D eigenvalue weighted by atomic mass is 16.5. The topological polar surface area (TPSA) is 47.6 Å². The van der Waals surface area contributed by atoms with Gasteiger partial charge in [-0.15, -0.1) is 6.58 Å². The van der Waals surface area contributed by atoms with Crippen molar-refractivity contribution in [3.05, 3.63) is 42.5 Å². The van der Waals surface area contributed by atoms with E-state index < -0.39 is 0 Å². The van der Waals surface area contributed by atoms with Crippen LogP contribution in [0.15, 0.2) is 36.9 Å². The van der Waals surface area contributed by atoms with E-state index >= 15 is 0 Å². The average Bonchev–Trinajstić information content (AvgIpc) is 2.64. The molecule has 1 rings (SSSR count). The van der Waals surface area contributed by atoms with Crippen LogP contribution in [0.1, 0.15) is 51.0 Å². The predicted octanol–water partition coefficient (Wildman–Crippen LogP) is 4.75. The molecule has 1 aromatic carbocycles. The third-order valence-corrected chi connectivity index (χ3v) is 3.79. The fourth-order valence-electron chi connectivity index (χ4n) is 2.38. The molecule has 0 aliphatic carbocycles. The Morgan fingerprint density at radius 1 is 1.16 bits per heavy atom. The van der Waals surface area contributed by atoms with E-state index in [4.69, 9.17) is 9.47 Å². The Labute approximate surface area is 151 Å². The van der Waals surface area contributed by atoms with Gasteiger partial charge in [0.25, 0.3) is 0 Å². The van der Waals surface area contributed by atoms with Crippen LogP contribution in [0.25, 0.3) is 6.08 Å². The monoisotopic (exact) mass is 345 g/mol. The minimum absolute atomic E-state index is 0.151. The van der Waals surface area contributed by atoms with Gasteiger partial charge in [0.2, 0.25) is 5.91 Å². The van der Waals surface area contributed by atoms with Gasteiger partial charge in [0.1, 0.15) is 0 Å². The molecule has 1 aromatic rings. The Morgan fingerprint density at radius 2 is 1.92 bits per heavy atom. The van der Waals surface area contributed by atoms with Crippen LogP contribution in [-0.4, -0.2) is 26.2 Å². The second-order valence-electron chi connectivity index (χ2n) is 5.89. The Kier molecular flexibility index (Phi) is 10.9. The second kappa shape index (κ2) is 13.1. The first-order chi connectivity index (χ1) is 12.2. The highest BCUT2D eigenvalue weighted by Gasteiger charge is 2.05. The van der Waals surface area contributed by atoms with E-state index in [-0.39, 0.29) is 5.91 Å². The lowest BCUT2D eigenvalue weighted by atomic mass is 10.1. The molecule has 0 aromatic heterocycles. The summed E-state index contributed by atoms with van der Waals surface area (Å²) in [4.78, 5) is 11.6. The van der Waals surface area contributed by atoms with E-state index in [1.165, 1.54) is 38.2 Å². The summed E-state index contributed by atoms with van der Waals surface area (Å²) in [6.45, 7) is 6.94.